The van der Waals surface area contributed by atoms with Crippen LogP contribution in [0, 0.1) is 5.41 Å². The van der Waals surface area contributed by atoms with Crippen molar-refractivity contribution in [2.24, 2.45) is 5.41 Å². The zero-order valence-electron chi connectivity index (χ0n) is 13.3. The van der Waals surface area contributed by atoms with Gasteiger partial charge in [0.05, 0.1) is 5.69 Å². The third-order valence-electron chi connectivity index (χ3n) is 3.38. The number of aromatic nitrogens is 2. The Labute approximate surface area is 134 Å². The van der Waals surface area contributed by atoms with E-state index in [0.29, 0.717) is 5.69 Å². The number of rotatable bonds is 4. The minimum atomic E-state index is -0.489. The van der Waals surface area contributed by atoms with E-state index in [2.05, 4.69) is 5.10 Å². The number of Topliss-reactive ketones (excluding diaryl/α,β-unsaturated/α-hetero) is 1. The molecule has 1 heterocycles. The van der Waals surface area contributed by atoms with Crippen LogP contribution in [0.5, 0.6) is 0 Å². The standard InChI is InChI=1S/C17H20N2O2S/c1-17(2,3)15(20)11-19-16(21)10-9-14(18-19)12-5-7-13(22-4)8-6-12/h5-10H,11H2,1-4H3. The van der Waals surface area contributed by atoms with Gasteiger partial charge in [0, 0.05) is 21.9 Å². The summed E-state index contributed by atoms with van der Waals surface area (Å²) in [5.74, 6) is -0.0167. The second-order valence-corrected chi connectivity index (χ2v) is 7.00. The molecule has 0 fully saturated rings. The van der Waals surface area contributed by atoms with Gasteiger partial charge < -0.3 is 0 Å². The second-order valence-electron chi connectivity index (χ2n) is 6.12. The lowest BCUT2D eigenvalue weighted by Crippen LogP contribution is -2.32. The van der Waals surface area contributed by atoms with Gasteiger partial charge in [-0.3, -0.25) is 9.59 Å². The summed E-state index contributed by atoms with van der Waals surface area (Å²) in [5.41, 5.74) is 0.864. The van der Waals surface area contributed by atoms with E-state index >= 15 is 0 Å². The molecule has 2 rings (SSSR count). The highest BCUT2D eigenvalue weighted by atomic mass is 32.2. The zero-order chi connectivity index (χ0) is 16.3. The first-order valence-electron chi connectivity index (χ1n) is 7.07. The van der Waals surface area contributed by atoms with Crippen LogP contribution in [-0.4, -0.2) is 21.8 Å². The van der Waals surface area contributed by atoms with Gasteiger partial charge in [0.1, 0.15) is 6.54 Å². The first-order chi connectivity index (χ1) is 10.3. The Bertz CT molecular complexity index is 728. The van der Waals surface area contributed by atoms with E-state index < -0.39 is 5.41 Å². The van der Waals surface area contributed by atoms with Crippen molar-refractivity contribution in [3.63, 3.8) is 0 Å². The summed E-state index contributed by atoms with van der Waals surface area (Å²) in [4.78, 5) is 25.2. The van der Waals surface area contributed by atoms with Crippen LogP contribution in [0.3, 0.4) is 0 Å². The molecule has 0 amide bonds. The average molecular weight is 316 g/mol. The molecule has 0 aliphatic rings. The number of benzene rings is 1. The molecule has 0 spiro atoms. The van der Waals surface area contributed by atoms with Crippen molar-refractivity contribution in [3.05, 3.63) is 46.8 Å². The van der Waals surface area contributed by atoms with Crippen LogP contribution in [0.2, 0.25) is 0 Å². The number of thioether (sulfide) groups is 1. The fourth-order valence-electron chi connectivity index (χ4n) is 1.85. The van der Waals surface area contributed by atoms with Crippen molar-refractivity contribution < 1.29 is 4.79 Å². The Balaban J connectivity index is 2.33. The van der Waals surface area contributed by atoms with E-state index in [1.165, 1.54) is 15.6 Å². The van der Waals surface area contributed by atoms with Gasteiger partial charge in [-0.05, 0) is 24.5 Å². The van der Waals surface area contributed by atoms with Gasteiger partial charge in [-0.15, -0.1) is 11.8 Å². The molecule has 22 heavy (non-hydrogen) atoms. The summed E-state index contributed by atoms with van der Waals surface area (Å²) in [6.45, 7) is 5.52. The molecule has 5 heteroatoms. The largest absolute Gasteiger partial charge is 0.297 e. The van der Waals surface area contributed by atoms with Crippen LogP contribution in [0.15, 0.2) is 46.1 Å². The van der Waals surface area contributed by atoms with Crippen molar-refractivity contribution >= 4 is 17.5 Å². The number of hydrogen-bond acceptors (Lipinski definition) is 4. The lowest BCUT2D eigenvalue weighted by molar-refractivity contribution is -0.127. The van der Waals surface area contributed by atoms with Crippen molar-refractivity contribution in [2.75, 3.05) is 6.26 Å². The predicted molar refractivity (Wildman–Crippen MR) is 90.2 cm³/mol. The van der Waals surface area contributed by atoms with Crippen LogP contribution in [0.25, 0.3) is 11.3 Å². The molecular weight excluding hydrogens is 296 g/mol. The van der Waals surface area contributed by atoms with Crippen molar-refractivity contribution in [1.29, 1.82) is 0 Å². The van der Waals surface area contributed by atoms with Crippen molar-refractivity contribution in [3.8, 4) is 11.3 Å². The maximum atomic E-state index is 12.1. The third-order valence-corrected chi connectivity index (χ3v) is 4.13. The average Bonchev–Trinajstić information content (AvgIpc) is 2.48. The van der Waals surface area contributed by atoms with Gasteiger partial charge in [0.25, 0.3) is 5.56 Å². The SMILES string of the molecule is CSc1ccc(-c2ccc(=O)n(CC(=O)C(C)(C)C)n2)cc1. The van der Waals surface area contributed by atoms with Crippen molar-refractivity contribution in [1.82, 2.24) is 9.78 Å². The molecule has 1 aromatic heterocycles. The van der Waals surface area contributed by atoms with Gasteiger partial charge in [0.2, 0.25) is 0 Å². The van der Waals surface area contributed by atoms with Crippen LogP contribution in [0.1, 0.15) is 20.8 Å². The van der Waals surface area contributed by atoms with Crippen LogP contribution < -0.4 is 5.56 Å². The van der Waals surface area contributed by atoms with E-state index in [-0.39, 0.29) is 17.9 Å². The molecule has 0 saturated heterocycles. The summed E-state index contributed by atoms with van der Waals surface area (Å²) in [5, 5.41) is 4.33. The third kappa shape index (κ3) is 3.85. The summed E-state index contributed by atoms with van der Waals surface area (Å²) >= 11 is 1.67. The van der Waals surface area contributed by atoms with E-state index in [9.17, 15) is 9.59 Å². The van der Waals surface area contributed by atoms with Gasteiger partial charge in [-0.2, -0.15) is 5.10 Å². The number of nitrogens with zero attached hydrogens (tertiary/aromatic N) is 2. The van der Waals surface area contributed by atoms with E-state index in [1.54, 1.807) is 17.8 Å². The topological polar surface area (TPSA) is 52.0 Å². The fourth-order valence-corrected chi connectivity index (χ4v) is 2.26. The molecule has 116 valence electrons. The Morgan fingerprint density at radius 3 is 2.32 bits per heavy atom. The maximum Gasteiger partial charge on any atom is 0.267 e. The van der Waals surface area contributed by atoms with E-state index in [4.69, 9.17) is 0 Å². The number of carbonyl (C=O) groups excluding carboxylic acids is 1. The molecule has 2 aromatic rings. The highest BCUT2D eigenvalue weighted by Gasteiger charge is 2.22. The minimum absolute atomic E-state index is 0.000924. The molecule has 0 unspecified atom stereocenters. The van der Waals surface area contributed by atoms with Crippen LogP contribution >= 0.6 is 11.8 Å². The lowest BCUT2D eigenvalue weighted by Gasteiger charge is -2.17. The van der Waals surface area contributed by atoms with Crippen LogP contribution in [0.4, 0.5) is 0 Å². The second kappa shape index (κ2) is 6.48. The molecule has 0 bridgehead atoms. The quantitative estimate of drug-likeness (QED) is 0.813. The first kappa shape index (κ1) is 16.5. The number of hydrogen-bond donors (Lipinski definition) is 0. The number of carbonyl (C=O) groups is 1. The molecular formula is C17H20N2O2S. The zero-order valence-corrected chi connectivity index (χ0v) is 14.1. The van der Waals surface area contributed by atoms with E-state index in [0.717, 1.165) is 5.56 Å². The molecule has 0 saturated carbocycles. The molecule has 0 radical (unpaired) electrons. The highest BCUT2D eigenvalue weighted by molar-refractivity contribution is 7.98. The minimum Gasteiger partial charge on any atom is -0.297 e. The van der Waals surface area contributed by atoms with Crippen molar-refractivity contribution in [2.45, 2.75) is 32.2 Å². The molecule has 1 aromatic carbocycles. The molecule has 0 atom stereocenters. The summed E-state index contributed by atoms with van der Waals surface area (Å²) in [6, 6.07) is 11.1. The van der Waals surface area contributed by atoms with Crippen LogP contribution in [-0.2, 0) is 11.3 Å². The fraction of sp³-hybridized carbons (Fsp3) is 0.353. The molecule has 4 nitrogen and oxygen atoms in total. The Kier molecular flexibility index (Phi) is 4.86. The van der Waals surface area contributed by atoms with Gasteiger partial charge in [0.15, 0.2) is 5.78 Å². The Hall–Kier alpha value is -1.88. The normalized spacial score (nSPS) is 11.5. The maximum absolute atomic E-state index is 12.1. The van der Waals surface area contributed by atoms with E-state index in [1.807, 2.05) is 51.3 Å². The summed E-state index contributed by atoms with van der Waals surface area (Å²) in [7, 11) is 0. The predicted octanol–water partition coefficient (Wildman–Crippen LogP) is 3.25. The molecule has 0 aliphatic heterocycles. The van der Waals surface area contributed by atoms with Gasteiger partial charge >= 0.3 is 0 Å². The summed E-state index contributed by atoms with van der Waals surface area (Å²) < 4.78 is 1.24. The van der Waals surface area contributed by atoms with Gasteiger partial charge in [-0.25, -0.2) is 4.68 Å². The molecule has 0 N–H and O–H groups in total. The highest BCUT2D eigenvalue weighted by Crippen LogP contribution is 2.21. The molecule has 0 aliphatic carbocycles. The Morgan fingerprint density at radius 1 is 1.14 bits per heavy atom. The Morgan fingerprint density at radius 2 is 1.77 bits per heavy atom. The smallest absolute Gasteiger partial charge is 0.267 e. The number of ketones is 1. The monoisotopic (exact) mass is 316 g/mol. The first-order valence-corrected chi connectivity index (χ1v) is 8.29. The van der Waals surface area contributed by atoms with Gasteiger partial charge in [-0.1, -0.05) is 32.9 Å². The lowest BCUT2D eigenvalue weighted by atomic mass is 9.91. The summed E-state index contributed by atoms with van der Waals surface area (Å²) in [6.07, 6.45) is 2.02.